The summed E-state index contributed by atoms with van der Waals surface area (Å²) in [5, 5.41) is 9.37. The van der Waals surface area contributed by atoms with Gasteiger partial charge in [0.05, 0.1) is 0 Å². The van der Waals surface area contributed by atoms with Gasteiger partial charge in [0.2, 0.25) is 0 Å². The van der Waals surface area contributed by atoms with Gasteiger partial charge in [0.15, 0.2) is 0 Å². The summed E-state index contributed by atoms with van der Waals surface area (Å²) in [6.45, 7) is 4.35. The zero-order valence-electron chi connectivity index (χ0n) is 11.7. The zero-order chi connectivity index (χ0) is 12.8. The molecule has 1 aromatic rings. The number of hydrogen-bond acceptors (Lipinski definition) is 3. The third-order valence-corrected chi connectivity index (χ3v) is 5.40. The number of rotatable bonds is 6. The molecule has 102 valence electrons. The van der Waals surface area contributed by atoms with Gasteiger partial charge in [-0.2, -0.15) is 0 Å². The van der Waals surface area contributed by atoms with E-state index in [0.717, 1.165) is 13.1 Å². The molecule has 1 heterocycles. The molecule has 0 aliphatic heterocycles. The summed E-state index contributed by atoms with van der Waals surface area (Å²) in [7, 11) is 2.13. The lowest BCUT2D eigenvalue weighted by Crippen LogP contribution is -2.46. The number of hydrogen-bond donors (Lipinski definition) is 2. The monoisotopic (exact) mass is 266 g/mol. The summed E-state index contributed by atoms with van der Waals surface area (Å²) in [4.78, 5) is 1.48. The zero-order valence-corrected chi connectivity index (χ0v) is 12.5. The second-order valence-electron chi connectivity index (χ2n) is 5.54. The van der Waals surface area contributed by atoms with Crippen molar-refractivity contribution in [2.75, 3.05) is 13.6 Å². The molecule has 1 fully saturated rings. The second kappa shape index (κ2) is 6.69. The van der Waals surface area contributed by atoms with Crippen LogP contribution in [0, 0.1) is 6.92 Å². The molecule has 1 saturated carbocycles. The summed E-state index contributed by atoms with van der Waals surface area (Å²) in [5.74, 6) is 0. The van der Waals surface area contributed by atoms with Crippen LogP contribution in [0.1, 0.15) is 49.0 Å². The van der Waals surface area contributed by atoms with E-state index in [0.29, 0.717) is 5.54 Å². The molecule has 0 radical (unpaired) electrons. The normalized spacial score (nSPS) is 19.0. The van der Waals surface area contributed by atoms with E-state index in [1.54, 1.807) is 0 Å². The highest BCUT2D eigenvalue weighted by atomic mass is 32.1. The fourth-order valence-corrected chi connectivity index (χ4v) is 3.84. The lowest BCUT2D eigenvalue weighted by molar-refractivity contribution is 0.228. The van der Waals surface area contributed by atoms with E-state index < -0.39 is 0 Å². The molecule has 0 atom stereocenters. The highest BCUT2D eigenvalue weighted by Gasteiger charge is 2.29. The van der Waals surface area contributed by atoms with Crippen LogP contribution in [0.5, 0.6) is 0 Å². The van der Waals surface area contributed by atoms with E-state index in [-0.39, 0.29) is 0 Å². The Kier molecular flexibility index (Phi) is 5.22. The van der Waals surface area contributed by atoms with Crippen LogP contribution in [0.15, 0.2) is 11.4 Å². The Morgan fingerprint density at radius 2 is 2.06 bits per heavy atom. The molecule has 1 aliphatic rings. The maximum Gasteiger partial charge on any atom is 0.0302 e. The molecule has 0 spiro atoms. The number of nitrogens with one attached hydrogen (secondary N) is 2. The standard InChI is InChI=1S/C15H26N2S/c1-13-6-11-18-14(13)12-17-10-9-15(16-2)7-4-3-5-8-15/h6,11,16-17H,3-5,7-10,12H2,1-2H3. The van der Waals surface area contributed by atoms with Crippen molar-refractivity contribution in [1.82, 2.24) is 10.6 Å². The quantitative estimate of drug-likeness (QED) is 0.771. The second-order valence-corrected chi connectivity index (χ2v) is 6.55. The Hall–Kier alpha value is -0.380. The van der Waals surface area contributed by atoms with E-state index in [4.69, 9.17) is 0 Å². The van der Waals surface area contributed by atoms with Crippen molar-refractivity contribution >= 4 is 11.3 Å². The Labute approximate surface area is 115 Å². The molecule has 0 bridgehead atoms. The van der Waals surface area contributed by atoms with E-state index in [9.17, 15) is 0 Å². The maximum absolute atomic E-state index is 3.61. The average Bonchev–Trinajstić information content (AvgIpc) is 2.82. The van der Waals surface area contributed by atoms with Crippen LogP contribution in [0.2, 0.25) is 0 Å². The van der Waals surface area contributed by atoms with Gasteiger partial charge in [-0.15, -0.1) is 11.3 Å². The van der Waals surface area contributed by atoms with Crippen molar-refractivity contribution in [3.8, 4) is 0 Å². The fraction of sp³-hybridized carbons (Fsp3) is 0.733. The molecule has 2 rings (SSSR count). The molecule has 0 saturated heterocycles. The fourth-order valence-electron chi connectivity index (χ4n) is 2.97. The predicted molar refractivity (Wildman–Crippen MR) is 80.3 cm³/mol. The van der Waals surface area contributed by atoms with Crippen LogP contribution in [-0.4, -0.2) is 19.1 Å². The van der Waals surface area contributed by atoms with Crippen molar-refractivity contribution in [2.45, 2.75) is 57.5 Å². The molecule has 18 heavy (non-hydrogen) atoms. The van der Waals surface area contributed by atoms with Crippen molar-refractivity contribution in [2.24, 2.45) is 0 Å². The topological polar surface area (TPSA) is 24.1 Å². The lowest BCUT2D eigenvalue weighted by atomic mass is 9.79. The van der Waals surface area contributed by atoms with Crippen molar-refractivity contribution < 1.29 is 0 Å². The molecule has 2 N–H and O–H groups in total. The highest BCUT2D eigenvalue weighted by molar-refractivity contribution is 7.10. The van der Waals surface area contributed by atoms with Gasteiger partial charge in [-0.1, -0.05) is 19.3 Å². The number of thiophene rings is 1. The summed E-state index contributed by atoms with van der Waals surface area (Å²) in [6, 6.07) is 2.21. The average molecular weight is 266 g/mol. The van der Waals surface area contributed by atoms with Gasteiger partial charge in [-0.05, 0) is 56.8 Å². The molecule has 1 aliphatic carbocycles. The summed E-state index contributed by atoms with van der Waals surface area (Å²) < 4.78 is 0. The van der Waals surface area contributed by atoms with Gasteiger partial charge >= 0.3 is 0 Å². The third kappa shape index (κ3) is 3.56. The minimum Gasteiger partial charge on any atom is -0.314 e. The van der Waals surface area contributed by atoms with Gasteiger partial charge < -0.3 is 10.6 Å². The van der Waals surface area contributed by atoms with Crippen LogP contribution >= 0.6 is 11.3 Å². The van der Waals surface area contributed by atoms with Gasteiger partial charge in [0.25, 0.3) is 0 Å². The Morgan fingerprint density at radius 1 is 1.28 bits per heavy atom. The van der Waals surface area contributed by atoms with Crippen LogP contribution in [-0.2, 0) is 6.54 Å². The van der Waals surface area contributed by atoms with Crippen molar-refractivity contribution in [1.29, 1.82) is 0 Å². The first-order chi connectivity index (χ1) is 8.76. The van der Waals surface area contributed by atoms with Crippen LogP contribution in [0.3, 0.4) is 0 Å². The summed E-state index contributed by atoms with van der Waals surface area (Å²) in [5.41, 5.74) is 1.84. The van der Waals surface area contributed by atoms with Crippen LogP contribution in [0.25, 0.3) is 0 Å². The summed E-state index contributed by atoms with van der Waals surface area (Å²) >= 11 is 1.86. The van der Waals surface area contributed by atoms with Gasteiger partial charge in [-0.3, -0.25) is 0 Å². The van der Waals surface area contributed by atoms with Crippen LogP contribution in [0.4, 0.5) is 0 Å². The lowest BCUT2D eigenvalue weighted by Gasteiger charge is -2.37. The Balaban J connectivity index is 1.72. The van der Waals surface area contributed by atoms with Crippen LogP contribution < -0.4 is 10.6 Å². The van der Waals surface area contributed by atoms with Gasteiger partial charge in [0, 0.05) is 17.0 Å². The molecule has 0 aromatic carbocycles. The van der Waals surface area contributed by atoms with E-state index in [1.807, 2.05) is 11.3 Å². The largest absolute Gasteiger partial charge is 0.314 e. The SMILES string of the molecule is CNC1(CCNCc2sccc2C)CCCCC1. The minimum absolute atomic E-state index is 0.412. The van der Waals surface area contributed by atoms with E-state index >= 15 is 0 Å². The first kappa shape index (κ1) is 14.0. The predicted octanol–water partition coefficient (Wildman–Crippen LogP) is 3.46. The maximum atomic E-state index is 3.61. The Bertz CT molecular complexity index is 353. The first-order valence-corrected chi connectivity index (χ1v) is 8.06. The molecule has 2 nitrogen and oxygen atoms in total. The van der Waals surface area contributed by atoms with E-state index in [1.165, 1.54) is 49.0 Å². The molecule has 3 heteroatoms. The molecule has 0 unspecified atom stereocenters. The smallest absolute Gasteiger partial charge is 0.0302 e. The van der Waals surface area contributed by atoms with Crippen molar-refractivity contribution in [3.05, 3.63) is 21.9 Å². The molecular formula is C15H26N2S. The first-order valence-electron chi connectivity index (χ1n) is 7.18. The molecule has 0 amide bonds. The molecular weight excluding hydrogens is 240 g/mol. The van der Waals surface area contributed by atoms with Gasteiger partial charge in [0.1, 0.15) is 0 Å². The third-order valence-electron chi connectivity index (χ3n) is 4.38. The molecule has 1 aromatic heterocycles. The highest BCUT2D eigenvalue weighted by Crippen LogP contribution is 2.30. The Morgan fingerprint density at radius 3 is 2.67 bits per heavy atom. The van der Waals surface area contributed by atoms with Crippen molar-refractivity contribution in [3.63, 3.8) is 0 Å². The van der Waals surface area contributed by atoms with E-state index in [2.05, 4.69) is 36.1 Å². The summed E-state index contributed by atoms with van der Waals surface area (Å²) in [6.07, 6.45) is 8.17. The number of aryl methyl sites for hydroxylation is 1. The van der Waals surface area contributed by atoms with Gasteiger partial charge in [-0.25, -0.2) is 0 Å². The minimum atomic E-state index is 0.412.